The lowest BCUT2D eigenvalue weighted by atomic mass is 9.96. The summed E-state index contributed by atoms with van der Waals surface area (Å²) in [5, 5.41) is 8.80. The number of hydrogen-bond donors (Lipinski definition) is 2. The van der Waals surface area contributed by atoms with Crippen molar-refractivity contribution in [2.45, 2.75) is 54.1 Å². The quantitative estimate of drug-likeness (QED) is 0.817. The van der Waals surface area contributed by atoms with Crippen molar-refractivity contribution >= 4 is 17.7 Å². The number of carbonyl (C=O) groups is 1. The van der Waals surface area contributed by atoms with Gasteiger partial charge >= 0.3 is 0 Å². The number of nitrogens with two attached hydrogens (primary N) is 1. The largest absolute Gasteiger partial charge is 0.368 e. The van der Waals surface area contributed by atoms with E-state index in [1.165, 1.54) is 0 Å². The summed E-state index contributed by atoms with van der Waals surface area (Å²) in [5.74, 6) is -0.208. The molecule has 2 atom stereocenters. The molecule has 2 saturated carbocycles. The fourth-order valence-corrected chi connectivity index (χ4v) is 3.90. The minimum absolute atomic E-state index is 0.208. The summed E-state index contributed by atoms with van der Waals surface area (Å²) in [7, 11) is 1.88. The number of hydrogen-bond acceptors (Lipinski definition) is 5. The average molecular weight is 281 g/mol. The van der Waals surface area contributed by atoms with Crippen molar-refractivity contribution < 1.29 is 4.79 Å². The molecular weight excluding hydrogens is 262 g/mol. The lowest BCUT2D eigenvalue weighted by molar-refractivity contribution is -0.124. The van der Waals surface area contributed by atoms with Gasteiger partial charge in [-0.1, -0.05) is 11.8 Å². The predicted molar refractivity (Wildman–Crippen MR) is 72.6 cm³/mol. The highest BCUT2D eigenvalue weighted by atomic mass is 32.2. The summed E-state index contributed by atoms with van der Waals surface area (Å²) < 4.78 is 1.77. The summed E-state index contributed by atoms with van der Waals surface area (Å²) in [6, 6.07) is 0.492. The molecule has 0 aliphatic heterocycles. The Bertz CT molecular complexity index is 486. The molecule has 7 heteroatoms. The molecule has 2 fully saturated rings. The van der Waals surface area contributed by atoms with Gasteiger partial charge in [-0.15, -0.1) is 0 Å². The Morgan fingerprint density at radius 2 is 2.37 bits per heavy atom. The molecule has 3 rings (SSSR count). The maximum atomic E-state index is 11.8. The Labute approximate surface area is 116 Å². The summed E-state index contributed by atoms with van der Waals surface area (Å²) in [5.41, 5.74) is 5.13. The third kappa shape index (κ3) is 2.62. The highest BCUT2D eigenvalue weighted by Gasteiger charge is 2.47. The minimum atomic E-state index is -0.503. The van der Waals surface area contributed by atoms with E-state index in [-0.39, 0.29) is 5.91 Å². The van der Waals surface area contributed by atoms with Crippen LogP contribution < -0.4 is 11.1 Å². The van der Waals surface area contributed by atoms with Crippen LogP contribution in [0.2, 0.25) is 0 Å². The molecule has 0 spiro atoms. The number of primary amides is 1. The molecule has 3 N–H and O–H groups in total. The molecule has 1 amide bonds. The number of rotatable bonds is 5. The van der Waals surface area contributed by atoms with Gasteiger partial charge in [0.15, 0.2) is 5.16 Å². The molecule has 2 aliphatic carbocycles. The van der Waals surface area contributed by atoms with E-state index in [4.69, 9.17) is 5.73 Å². The van der Waals surface area contributed by atoms with Crippen LogP contribution in [0.25, 0.3) is 0 Å². The van der Waals surface area contributed by atoms with E-state index in [9.17, 15) is 4.79 Å². The summed E-state index contributed by atoms with van der Waals surface area (Å²) in [6.45, 7) is 0. The lowest BCUT2D eigenvalue weighted by Crippen LogP contribution is -2.54. The average Bonchev–Trinajstić information content (AvgIpc) is 2.93. The monoisotopic (exact) mass is 281 g/mol. The molecule has 0 aromatic carbocycles. The topological polar surface area (TPSA) is 85.8 Å². The second kappa shape index (κ2) is 4.79. The van der Waals surface area contributed by atoms with Gasteiger partial charge < -0.3 is 11.1 Å². The smallest absolute Gasteiger partial charge is 0.237 e. The van der Waals surface area contributed by atoms with Gasteiger partial charge in [0.2, 0.25) is 5.91 Å². The number of nitrogens with zero attached hydrogens (tertiary/aromatic N) is 3. The molecule has 1 aromatic rings. The molecule has 1 heterocycles. The first-order valence-electron chi connectivity index (χ1n) is 6.67. The maximum absolute atomic E-state index is 11.8. The van der Waals surface area contributed by atoms with Crippen molar-refractivity contribution in [2.24, 2.45) is 12.8 Å². The Balaban J connectivity index is 1.67. The molecular formula is C12H19N5OS. The van der Waals surface area contributed by atoms with Gasteiger partial charge in [-0.25, -0.2) is 9.67 Å². The van der Waals surface area contributed by atoms with E-state index in [2.05, 4.69) is 15.4 Å². The minimum Gasteiger partial charge on any atom is -0.368 e. The van der Waals surface area contributed by atoms with Gasteiger partial charge in [-0.3, -0.25) is 4.79 Å². The molecule has 6 nitrogen and oxygen atoms in total. The third-order valence-corrected chi connectivity index (χ3v) is 5.26. The zero-order valence-electron chi connectivity index (χ0n) is 11.0. The molecule has 1 aromatic heterocycles. The molecule has 0 bridgehead atoms. The van der Waals surface area contributed by atoms with Crippen LogP contribution in [0.15, 0.2) is 11.5 Å². The van der Waals surface area contributed by atoms with E-state index in [0.29, 0.717) is 11.3 Å². The van der Waals surface area contributed by atoms with Gasteiger partial charge in [0, 0.05) is 18.3 Å². The summed E-state index contributed by atoms with van der Waals surface area (Å²) >= 11 is 1.69. The third-order valence-electron chi connectivity index (χ3n) is 3.94. The standard InChI is InChI=1S/C12H19N5OS/c1-17-11(14-7-15-17)19-9-4-5-12(6-9,10(13)18)16-8-2-3-8/h7-9,16H,2-6H2,1H3,(H2,13,18). The van der Waals surface area contributed by atoms with Gasteiger partial charge in [-0.2, -0.15) is 5.10 Å². The van der Waals surface area contributed by atoms with Crippen molar-refractivity contribution in [3.63, 3.8) is 0 Å². The first-order valence-corrected chi connectivity index (χ1v) is 7.55. The van der Waals surface area contributed by atoms with E-state index in [0.717, 1.165) is 37.3 Å². The molecule has 2 unspecified atom stereocenters. The highest BCUT2D eigenvalue weighted by Crippen LogP contribution is 2.41. The molecule has 2 aliphatic rings. The van der Waals surface area contributed by atoms with Crippen LogP contribution >= 0.6 is 11.8 Å². The predicted octanol–water partition coefficient (Wildman–Crippen LogP) is 0.436. The number of carbonyl (C=O) groups excluding carboxylic acids is 1. The summed E-state index contributed by atoms with van der Waals surface area (Å²) in [6.07, 6.45) is 6.48. The number of aromatic nitrogens is 3. The van der Waals surface area contributed by atoms with Gasteiger partial charge in [0.1, 0.15) is 6.33 Å². The Morgan fingerprint density at radius 3 is 2.95 bits per heavy atom. The van der Waals surface area contributed by atoms with Crippen molar-refractivity contribution in [1.82, 2.24) is 20.1 Å². The van der Waals surface area contributed by atoms with Gasteiger partial charge in [-0.05, 0) is 32.1 Å². The SMILES string of the molecule is Cn1ncnc1SC1CCC(NC2CC2)(C(N)=O)C1. The van der Waals surface area contributed by atoms with E-state index < -0.39 is 5.54 Å². The van der Waals surface area contributed by atoms with Crippen LogP contribution in [-0.4, -0.2) is 37.5 Å². The van der Waals surface area contributed by atoms with E-state index >= 15 is 0 Å². The van der Waals surface area contributed by atoms with Crippen LogP contribution in [-0.2, 0) is 11.8 Å². The second-order valence-corrected chi connectivity index (χ2v) is 6.78. The normalized spacial score (nSPS) is 30.7. The van der Waals surface area contributed by atoms with Crippen LogP contribution in [0, 0.1) is 0 Å². The van der Waals surface area contributed by atoms with Crippen molar-refractivity contribution in [3.8, 4) is 0 Å². The fourth-order valence-electron chi connectivity index (χ4n) is 2.69. The zero-order valence-corrected chi connectivity index (χ0v) is 11.8. The molecule has 104 valence electrons. The summed E-state index contributed by atoms with van der Waals surface area (Å²) in [4.78, 5) is 16.0. The zero-order chi connectivity index (χ0) is 13.5. The van der Waals surface area contributed by atoms with E-state index in [1.54, 1.807) is 22.8 Å². The van der Waals surface area contributed by atoms with Crippen molar-refractivity contribution in [2.75, 3.05) is 0 Å². The Kier molecular flexibility index (Phi) is 3.26. The van der Waals surface area contributed by atoms with Crippen molar-refractivity contribution in [1.29, 1.82) is 0 Å². The molecule has 19 heavy (non-hydrogen) atoms. The highest BCUT2D eigenvalue weighted by molar-refractivity contribution is 7.99. The van der Waals surface area contributed by atoms with Crippen molar-refractivity contribution in [3.05, 3.63) is 6.33 Å². The van der Waals surface area contributed by atoms with Gasteiger partial charge in [0.25, 0.3) is 0 Å². The maximum Gasteiger partial charge on any atom is 0.237 e. The second-order valence-electron chi connectivity index (χ2n) is 5.51. The molecule has 0 radical (unpaired) electrons. The number of amides is 1. The first kappa shape index (κ1) is 12.9. The van der Waals surface area contributed by atoms with Crippen LogP contribution in [0.3, 0.4) is 0 Å². The fraction of sp³-hybridized carbons (Fsp3) is 0.750. The first-order chi connectivity index (χ1) is 9.09. The Morgan fingerprint density at radius 1 is 1.58 bits per heavy atom. The Hall–Kier alpha value is -1.08. The number of thioether (sulfide) groups is 1. The lowest BCUT2D eigenvalue weighted by Gasteiger charge is -2.27. The van der Waals surface area contributed by atoms with Crippen LogP contribution in [0.4, 0.5) is 0 Å². The van der Waals surface area contributed by atoms with Gasteiger partial charge in [0.05, 0.1) is 5.54 Å². The van der Waals surface area contributed by atoms with Crippen LogP contribution in [0.5, 0.6) is 0 Å². The number of nitrogens with one attached hydrogen (secondary N) is 1. The number of aryl methyl sites for hydroxylation is 1. The molecule has 0 saturated heterocycles. The van der Waals surface area contributed by atoms with Crippen LogP contribution in [0.1, 0.15) is 32.1 Å². The van der Waals surface area contributed by atoms with E-state index in [1.807, 2.05) is 7.05 Å².